The molecule has 0 atom stereocenters. The Morgan fingerprint density at radius 1 is 1.25 bits per heavy atom. The van der Waals surface area contributed by atoms with E-state index in [4.69, 9.17) is 16.1 Å². The maximum absolute atomic E-state index is 6.04. The number of aryl methyl sites for hydroxylation is 3. The van der Waals surface area contributed by atoms with Crippen molar-refractivity contribution in [1.29, 1.82) is 0 Å². The van der Waals surface area contributed by atoms with Crippen LogP contribution < -0.4 is 0 Å². The van der Waals surface area contributed by atoms with Crippen molar-refractivity contribution in [3.05, 3.63) is 46.6 Å². The molecule has 0 aliphatic carbocycles. The second-order valence-electron chi connectivity index (χ2n) is 5.04. The molecule has 0 aliphatic heterocycles. The van der Waals surface area contributed by atoms with E-state index in [0.29, 0.717) is 12.4 Å². The van der Waals surface area contributed by atoms with E-state index in [-0.39, 0.29) is 0 Å². The molecule has 0 unspecified atom stereocenters. The first-order valence-electron chi connectivity index (χ1n) is 6.53. The number of rotatable bonds is 3. The Labute approximate surface area is 122 Å². The van der Waals surface area contributed by atoms with Crippen molar-refractivity contribution in [2.45, 2.75) is 33.2 Å². The van der Waals surface area contributed by atoms with Gasteiger partial charge < -0.3 is 9.09 Å². The summed E-state index contributed by atoms with van der Waals surface area (Å²) in [6, 6.07) is 6.26. The molecule has 0 saturated carbocycles. The fraction of sp³-hybridized carbons (Fsp3) is 0.333. The Morgan fingerprint density at radius 3 is 2.70 bits per heavy atom. The quantitative estimate of drug-likeness (QED) is 0.690. The minimum atomic E-state index is 0.386. The van der Waals surface area contributed by atoms with Gasteiger partial charge in [0.25, 0.3) is 0 Å². The normalized spacial score (nSPS) is 11.4. The number of fused-ring (bicyclic) bond motifs is 1. The lowest BCUT2D eigenvalue weighted by molar-refractivity contribution is 0.392. The van der Waals surface area contributed by atoms with E-state index in [1.54, 1.807) is 0 Å². The molecule has 1 aromatic carbocycles. The monoisotopic (exact) mass is 289 g/mol. The highest BCUT2D eigenvalue weighted by Crippen LogP contribution is 2.22. The maximum atomic E-state index is 6.04. The molecule has 0 radical (unpaired) electrons. The lowest BCUT2D eigenvalue weighted by Gasteiger charge is -2.07. The third kappa shape index (κ3) is 2.10. The Hall–Kier alpha value is -1.81. The van der Waals surface area contributed by atoms with Crippen LogP contribution in [-0.4, -0.2) is 14.7 Å². The Morgan fingerprint density at radius 2 is 2.05 bits per heavy atom. The zero-order valence-electron chi connectivity index (χ0n) is 11.8. The molecule has 0 amide bonds. The summed E-state index contributed by atoms with van der Waals surface area (Å²) in [5.74, 6) is 2.10. The predicted molar refractivity (Wildman–Crippen MR) is 79.1 cm³/mol. The Balaban J connectivity index is 2.15. The van der Waals surface area contributed by atoms with E-state index >= 15 is 0 Å². The summed E-state index contributed by atoms with van der Waals surface area (Å²) in [6.45, 7) is 6.63. The summed E-state index contributed by atoms with van der Waals surface area (Å²) in [7, 11) is 0. The van der Waals surface area contributed by atoms with E-state index in [0.717, 1.165) is 33.9 Å². The van der Waals surface area contributed by atoms with Gasteiger partial charge in [0.1, 0.15) is 11.6 Å². The van der Waals surface area contributed by atoms with Crippen LogP contribution in [0.3, 0.4) is 0 Å². The standard InChI is InChI=1S/C15H16ClN3O/c1-9-4-5-14-13(6-9)17-15(7-16)19(14)8-12-10(2)18-20-11(12)3/h4-6H,7-8H2,1-3H3. The SMILES string of the molecule is Cc1ccc2c(c1)nc(CCl)n2Cc1c(C)noc1C. The molecule has 0 N–H and O–H groups in total. The van der Waals surface area contributed by atoms with Gasteiger partial charge in [-0.05, 0) is 38.5 Å². The van der Waals surface area contributed by atoms with Gasteiger partial charge in [-0.15, -0.1) is 11.6 Å². The molecule has 5 heteroatoms. The van der Waals surface area contributed by atoms with Crippen LogP contribution in [-0.2, 0) is 12.4 Å². The molecule has 0 saturated heterocycles. The molecule has 0 aliphatic rings. The molecular formula is C15H16ClN3O. The van der Waals surface area contributed by atoms with Gasteiger partial charge in [-0.1, -0.05) is 11.2 Å². The van der Waals surface area contributed by atoms with E-state index in [2.05, 4.69) is 39.8 Å². The van der Waals surface area contributed by atoms with Crippen molar-refractivity contribution >= 4 is 22.6 Å². The van der Waals surface area contributed by atoms with Crippen LogP contribution in [0.4, 0.5) is 0 Å². The summed E-state index contributed by atoms with van der Waals surface area (Å²) < 4.78 is 7.37. The summed E-state index contributed by atoms with van der Waals surface area (Å²) in [6.07, 6.45) is 0. The number of aromatic nitrogens is 3. The molecule has 2 aromatic heterocycles. The second kappa shape index (κ2) is 4.94. The molecule has 104 valence electrons. The topological polar surface area (TPSA) is 43.9 Å². The predicted octanol–water partition coefficient (Wildman–Crippen LogP) is 3.74. The highest BCUT2D eigenvalue weighted by molar-refractivity contribution is 6.16. The summed E-state index contributed by atoms with van der Waals surface area (Å²) in [5.41, 5.74) is 5.27. The first-order valence-corrected chi connectivity index (χ1v) is 7.07. The third-order valence-electron chi connectivity index (χ3n) is 3.60. The average molecular weight is 290 g/mol. The van der Waals surface area contributed by atoms with Crippen LogP contribution in [0.5, 0.6) is 0 Å². The molecule has 0 fully saturated rings. The van der Waals surface area contributed by atoms with Crippen molar-refractivity contribution < 1.29 is 4.52 Å². The smallest absolute Gasteiger partial charge is 0.138 e. The van der Waals surface area contributed by atoms with Crippen LogP contribution in [0.1, 0.15) is 28.4 Å². The number of alkyl halides is 1. The lowest BCUT2D eigenvalue weighted by atomic mass is 10.2. The minimum Gasteiger partial charge on any atom is -0.361 e. The summed E-state index contributed by atoms with van der Waals surface area (Å²) in [4.78, 5) is 4.61. The molecule has 4 nitrogen and oxygen atoms in total. The Bertz CT molecular complexity index is 753. The van der Waals surface area contributed by atoms with Gasteiger partial charge in [0.15, 0.2) is 0 Å². The lowest BCUT2D eigenvalue weighted by Crippen LogP contribution is -2.05. The zero-order valence-corrected chi connectivity index (χ0v) is 12.5. The van der Waals surface area contributed by atoms with Gasteiger partial charge >= 0.3 is 0 Å². The van der Waals surface area contributed by atoms with E-state index in [1.165, 1.54) is 5.56 Å². The van der Waals surface area contributed by atoms with Crippen LogP contribution >= 0.6 is 11.6 Å². The molecule has 2 heterocycles. The van der Waals surface area contributed by atoms with E-state index < -0.39 is 0 Å². The van der Waals surface area contributed by atoms with Crippen molar-refractivity contribution in [3.8, 4) is 0 Å². The van der Waals surface area contributed by atoms with Gasteiger partial charge in [0.2, 0.25) is 0 Å². The second-order valence-corrected chi connectivity index (χ2v) is 5.31. The number of hydrogen-bond donors (Lipinski definition) is 0. The van der Waals surface area contributed by atoms with E-state index in [1.807, 2.05) is 13.8 Å². The van der Waals surface area contributed by atoms with Gasteiger partial charge in [-0.25, -0.2) is 4.98 Å². The first kappa shape index (κ1) is 13.2. The minimum absolute atomic E-state index is 0.386. The van der Waals surface area contributed by atoms with Crippen LogP contribution in [0.25, 0.3) is 11.0 Å². The summed E-state index contributed by atoms with van der Waals surface area (Å²) >= 11 is 6.04. The fourth-order valence-electron chi connectivity index (χ4n) is 2.45. The van der Waals surface area contributed by atoms with Crippen molar-refractivity contribution in [1.82, 2.24) is 14.7 Å². The molecule has 0 spiro atoms. The number of nitrogens with zero attached hydrogens (tertiary/aromatic N) is 3. The van der Waals surface area contributed by atoms with Crippen LogP contribution in [0.2, 0.25) is 0 Å². The van der Waals surface area contributed by atoms with Gasteiger partial charge in [-0.2, -0.15) is 0 Å². The number of halogens is 1. The van der Waals surface area contributed by atoms with Crippen LogP contribution in [0, 0.1) is 20.8 Å². The largest absolute Gasteiger partial charge is 0.361 e. The fourth-order valence-corrected chi connectivity index (χ4v) is 2.66. The number of benzene rings is 1. The van der Waals surface area contributed by atoms with Crippen molar-refractivity contribution in [2.75, 3.05) is 0 Å². The van der Waals surface area contributed by atoms with Crippen molar-refractivity contribution in [3.63, 3.8) is 0 Å². The van der Waals surface area contributed by atoms with Crippen molar-refractivity contribution in [2.24, 2.45) is 0 Å². The molecule has 20 heavy (non-hydrogen) atoms. The first-order chi connectivity index (χ1) is 9.60. The van der Waals surface area contributed by atoms with E-state index in [9.17, 15) is 0 Å². The number of hydrogen-bond acceptors (Lipinski definition) is 3. The molecule has 3 rings (SSSR count). The number of imidazole rings is 1. The highest BCUT2D eigenvalue weighted by Gasteiger charge is 2.15. The molecule has 0 bridgehead atoms. The maximum Gasteiger partial charge on any atom is 0.138 e. The van der Waals surface area contributed by atoms with Crippen LogP contribution in [0.15, 0.2) is 22.7 Å². The zero-order chi connectivity index (χ0) is 14.3. The van der Waals surface area contributed by atoms with Gasteiger partial charge in [-0.3, -0.25) is 0 Å². The third-order valence-corrected chi connectivity index (χ3v) is 3.84. The molecular weight excluding hydrogens is 274 g/mol. The molecule has 3 aromatic rings. The van der Waals surface area contributed by atoms with Gasteiger partial charge in [0.05, 0.1) is 29.2 Å². The highest BCUT2D eigenvalue weighted by atomic mass is 35.5. The average Bonchev–Trinajstić information content (AvgIpc) is 2.93. The Kier molecular flexibility index (Phi) is 3.26. The van der Waals surface area contributed by atoms with Gasteiger partial charge in [0, 0.05) is 5.56 Å². The summed E-state index contributed by atoms with van der Waals surface area (Å²) in [5, 5.41) is 4.00.